The number of aromatic nitrogens is 2. The topological polar surface area (TPSA) is 178 Å². The first-order valence-corrected chi connectivity index (χ1v) is 10.8. The van der Waals surface area contributed by atoms with Crippen LogP contribution in [-0.2, 0) is 19.2 Å². The average molecular weight is 542 g/mol. The molecule has 0 atom stereocenters. The van der Waals surface area contributed by atoms with Crippen LogP contribution in [0.4, 0.5) is 20.2 Å². The summed E-state index contributed by atoms with van der Waals surface area (Å²) in [6.45, 7) is 3.72. The molecule has 0 bridgehead atoms. The van der Waals surface area contributed by atoms with Gasteiger partial charge in [-0.3, -0.25) is 24.0 Å². The van der Waals surface area contributed by atoms with E-state index in [9.17, 15) is 37.5 Å². The first-order chi connectivity index (χ1) is 17.8. The molecule has 5 N–H and O–H groups in total. The highest BCUT2D eigenvalue weighted by Gasteiger charge is 2.23. The number of ketones is 3. The molecule has 4 rings (SSSR count). The number of aromatic amines is 2. The SMILES string of the molecule is C.CC(=O)Nc1ccc(F)c2c(C(=O)C(=O)O)c[nH]c12.CC(=O)Nc1ccc(F)c2c(C(=O)C(C)=O)c[nH]c12. The average Bonchev–Trinajstić information content (AvgIpc) is 3.48. The lowest BCUT2D eigenvalue weighted by atomic mass is 10.1. The van der Waals surface area contributed by atoms with Gasteiger partial charge in [-0.05, 0) is 24.3 Å². The van der Waals surface area contributed by atoms with Gasteiger partial charge in [-0.1, -0.05) is 7.43 Å². The molecule has 39 heavy (non-hydrogen) atoms. The second kappa shape index (κ2) is 11.9. The number of nitrogens with one attached hydrogen (secondary N) is 4. The number of carbonyl (C=O) groups excluding carboxylic acids is 5. The predicted molar refractivity (Wildman–Crippen MR) is 139 cm³/mol. The van der Waals surface area contributed by atoms with E-state index in [1.54, 1.807) is 0 Å². The number of fused-ring (bicyclic) bond motifs is 2. The van der Waals surface area contributed by atoms with E-state index in [-0.39, 0.29) is 57.9 Å². The fraction of sp³-hybridized carbons (Fsp3) is 0.154. The maximum absolute atomic E-state index is 13.8. The highest BCUT2D eigenvalue weighted by molar-refractivity contribution is 6.45. The summed E-state index contributed by atoms with van der Waals surface area (Å²) in [7, 11) is 0. The fourth-order valence-corrected chi connectivity index (χ4v) is 3.66. The van der Waals surface area contributed by atoms with Gasteiger partial charge in [-0.15, -0.1) is 0 Å². The van der Waals surface area contributed by atoms with Crippen molar-refractivity contribution in [2.75, 3.05) is 10.6 Å². The van der Waals surface area contributed by atoms with Crippen molar-refractivity contribution in [1.82, 2.24) is 9.97 Å². The first-order valence-electron chi connectivity index (χ1n) is 10.8. The second-order valence-corrected chi connectivity index (χ2v) is 7.98. The molecule has 0 aliphatic rings. The zero-order valence-corrected chi connectivity index (χ0v) is 20.1. The van der Waals surface area contributed by atoms with Crippen LogP contribution < -0.4 is 10.6 Å². The molecular formula is C26H24F2N4O7. The first kappa shape index (κ1) is 30.0. The molecule has 2 amide bonds. The van der Waals surface area contributed by atoms with Crippen molar-refractivity contribution in [3.05, 3.63) is 59.4 Å². The van der Waals surface area contributed by atoms with E-state index in [1.807, 2.05) is 0 Å². The summed E-state index contributed by atoms with van der Waals surface area (Å²) in [6.07, 6.45) is 2.37. The normalized spacial score (nSPS) is 10.2. The Labute approximate surface area is 219 Å². The molecule has 0 aliphatic carbocycles. The number of carboxylic acid groups (broad SMARTS) is 1. The third-order valence-corrected chi connectivity index (χ3v) is 5.19. The van der Waals surface area contributed by atoms with Crippen molar-refractivity contribution in [2.24, 2.45) is 0 Å². The molecule has 204 valence electrons. The molecular weight excluding hydrogens is 518 g/mol. The molecule has 13 heteroatoms. The maximum Gasteiger partial charge on any atom is 0.377 e. The third-order valence-electron chi connectivity index (χ3n) is 5.19. The van der Waals surface area contributed by atoms with Gasteiger partial charge in [0.15, 0.2) is 5.78 Å². The minimum absolute atomic E-state index is 0. The number of amides is 2. The molecule has 0 fully saturated rings. The van der Waals surface area contributed by atoms with Crippen LogP contribution in [0.2, 0.25) is 0 Å². The van der Waals surface area contributed by atoms with E-state index in [2.05, 4.69) is 20.6 Å². The standard InChI is InChI=1S/C13H11FN2O3.C12H9FN2O4.CH4/c1-6(17)13(19)8-5-15-12-10(16-7(2)18)4-3-9(14)11(8)12;1-5(16)15-8-3-2-7(13)9-6(4-14-10(8)9)11(17)12(18)19;/h3-5,15H,1-2H3,(H,16,18);2-4,14H,1H3,(H,15,16)(H,18,19);1H4. The van der Waals surface area contributed by atoms with Crippen LogP contribution in [0, 0.1) is 11.6 Å². The van der Waals surface area contributed by atoms with Crippen molar-refractivity contribution in [3.63, 3.8) is 0 Å². The molecule has 0 unspecified atom stereocenters. The van der Waals surface area contributed by atoms with Gasteiger partial charge in [0, 0.05) is 43.9 Å². The zero-order valence-electron chi connectivity index (χ0n) is 20.1. The molecule has 4 aromatic rings. The number of benzene rings is 2. The number of hydrogen-bond donors (Lipinski definition) is 5. The van der Waals surface area contributed by atoms with Crippen LogP contribution in [0.15, 0.2) is 36.7 Å². The number of H-pyrrole nitrogens is 2. The van der Waals surface area contributed by atoms with Gasteiger partial charge < -0.3 is 25.7 Å². The Bertz CT molecular complexity index is 1530. The van der Waals surface area contributed by atoms with Gasteiger partial charge in [0.05, 0.1) is 33.5 Å². The monoisotopic (exact) mass is 542 g/mol. The summed E-state index contributed by atoms with van der Waals surface area (Å²) in [4.78, 5) is 72.2. The van der Waals surface area contributed by atoms with Crippen LogP contribution in [0.1, 0.15) is 48.9 Å². The van der Waals surface area contributed by atoms with E-state index in [1.165, 1.54) is 32.2 Å². The lowest BCUT2D eigenvalue weighted by Gasteiger charge is -2.05. The predicted octanol–water partition coefficient (Wildman–Crippen LogP) is 4.21. The van der Waals surface area contributed by atoms with Crippen LogP contribution >= 0.6 is 0 Å². The van der Waals surface area contributed by atoms with E-state index >= 15 is 0 Å². The quantitative estimate of drug-likeness (QED) is 0.179. The highest BCUT2D eigenvalue weighted by Crippen LogP contribution is 2.29. The Morgan fingerprint density at radius 2 is 1.08 bits per heavy atom. The Morgan fingerprint density at radius 3 is 1.41 bits per heavy atom. The van der Waals surface area contributed by atoms with Crippen molar-refractivity contribution < 1.29 is 42.7 Å². The molecule has 0 aliphatic heterocycles. The summed E-state index contributed by atoms with van der Waals surface area (Å²) < 4.78 is 27.6. The Balaban J connectivity index is 0.000000267. The Hall–Kier alpha value is -5.20. The number of anilines is 2. The van der Waals surface area contributed by atoms with Crippen LogP contribution in [-0.4, -0.2) is 50.2 Å². The summed E-state index contributed by atoms with van der Waals surface area (Å²) in [5.74, 6) is -6.40. The van der Waals surface area contributed by atoms with E-state index in [0.717, 1.165) is 25.3 Å². The largest absolute Gasteiger partial charge is 0.475 e. The summed E-state index contributed by atoms with van der Waals surface area (Å²) in [5, 5.41) is 13.5. The molecule has 0 saturated heterocycles. The minimum Gasteiger partial charge on any atom is -0.475 e. The number of carbonyl (C=O) groups is 6. The van der Waals surface area contributed by atoms with Crippen molar-refractivity contribution in [1.29, 1.82) is 0 Å². The molecule has 2 aromatic heterocycles. The zero-order chi connectivity index (χ0) is 28.3. The van der Waals surface area contributed by atoms with E-state index in [4.69, 9.17) is 5.11 Å². The van der Waals surface area contributed by atoms with Gasteiger partial charge in [0.25, 0.3) is 5.78 Å². The smallest absolute Gasteiger partial charge is 0.377 e. The van der Waals surface area contributed by atoms with Crippen LogP contribution in [0.5, 0.6) is 0 Å². The van der Waals surface area contributed by atoms with Crippen LogP contribution in [0.3, 0.4) is 0 Å². The molecule has 2 heterocycles. The number of hydrogen-bond acceptors (Lipinski definition) is 6. The number of halogens is 2. The number of carboxylic acids is 1. The van der Waals surface area contributed by atoms with Crippen molar-refractivity contribution in [3.8, 4) is 0 Å². The lowest BCUT2D eigenvalue weighted by Crippen LogP contribution is -2.12. The fourth-order valence-electron chi connectivity index (χ4n) is 3.66. The number of Topliss-reactive ketones (excluding diaryl/α,β-unsaturated/α-hetero) is 3. The minimum atomic E-state index is -1.68. The van der Waals surface area contributed by atoms with E-state index < -0.39 is 35.0 Å². The molecule has 0 spiro atoms. The molecule has 0 saturated carbocycles. The van der Waals surface area contributed by atoms with Crippen molar-refractivity contribution in [2.45, 2.75) is 28.2 Å². The van der Waals surface area contributed by atoms with Gasteiger partial charge >= 0.3 is 5.97 Å². The second-order valence-electron chi connectivity index (χ2n) is 7.98. The summed E-state index contributed by atoms with van der Waals surface area (Å²) >= 11 is 0. The number of rotatable bonds is 6. The molecule has 2 aromatic carbocycles. The Kier molecular flexibility index (Phi) is 9.16. The highest BCUT2D eigenvalue weighted by atomic mass is 19.1. The number of aliphatic carboxylic acids is 1. The van der Waals surface area contributed by atoms with E-state index in [0.29, 0.717) is 5.69 Å². The van der Waals surface area contributed by atoms with Gasteiger partial charge in [0.2, 0.25) is 17.6 Å². The maximum atomic E-state index is 13.8. The van der Waals surface area contributed by atoms with Gasteiger partial charge in [-0.25, -0.2) is 13.6 Å². The molecule has 11 nitrogen and oxygen atoms in total. The van der Waals surface area contributed by atoms with Crippen LogP contribution in [0.25, 0.3) is 21.8 Å². The summed E-state index contributed by atoms with van der Waals surface area (Å²) in [6, 6.07) is 4.90. The molecule has 0 radical (unpaired) electrons. The third kappa shape index (κ3) is 6.21. The van der Waals surface area contributed by atoms with Gasteiger partial charge in [-0.2, -0.15) is 0 Å². The van der Waals surface area contributed by atoms with Crippen molar-refractivity contribution >= 4 is 68.3 Å². The van der Waals surface area contributed by atoms with Gasteiger partial charge in [0.1, 0.15) is 11.6 Å². The lowest BCUT2D eigenvalue weighted by molar-refractivity contribution is -0.131. The summed E-state index contributed by atoms with van der Waals surface area (Å²) in [5.41, 5.74) is 0.749. The Morgan fingerprint density at radius 1 is 0.692 bits per heavy atom.